The van der Waals surface area contributed by atoms with Gasteiger partial charge in [-0.2, -0.15) is 0 Å². The first-order chi connectivity index (χ1) is 11.1. The number of aryl methyl sites for hydroxylation is 2. The van der Waals surface area contributed by atoms with E-state index in [0.29, 0.717) is 5.69 Å². The third kappa shape index (κ3) is 4.48. The van der Waals surface area contributed by atoms with Gasteiger partial charge in [0.1, 0.15) is 0 Å². The molecule has 128 valence electrons. The quantitative estimate of drug-likeness (QED) is 0.892. The van der Waals surface area contributed by atoms with Crippen LogP contribution in [0.1, 0.15) is 48.2 Å². The third-order valence-corrected chi connectivity index (χ3v) is 4.44. The molecule has 1 atom stereocenters. The molecule has 0 saturated carbocycles. The lowest BCUT2D eigenvalue weighted by molar-refractivity contribution is -0.121. The molecule has 2 aromatic rings. The first-order valence-corrected chi connectivity index (χ1v) is 8.23. The number of carbonyl (C=O) groups is 1. The van der Waals surface area contributed by atoms with Crippen molar-refractivity contribution in [1.82, 2.24) is 10.3 Å². The number of hydrogen-bond donors (Lipinski definition) is 2. The summed E-state index contributed by atoms with van der Waals surface area (Å²) in [5, 5.41) is 3.06. The summed E-state index contributed by atoms with van der Waals surface area (Å²) in [6.07, 6.45) is 6.73. The number of pyridine rings is 1. The lowest BCUT2D eigenvalue weighted by Gasteiger charge is -2.20. The third-order valence-electron chi connectivity index (χ3n) is 4.44. The highest BCUT2D eigenvalue weighted by molar-refractivity contribution is 5.85. The van der Waals surface area contributed by atoms with Gasteiger partial charge in [-0.15, -0.1) is 12.4 Å². The zero-order chi connectivity index (χ0) is 16.2. The highest BCUT2D eigenvalue weighted by atomic mass is 35.5. The van der Waals surface area contributed by atoms with E-state index >= 15 is 0 Å². The van der Waals surface area contributed by atoms with Crippen LogP contribution < -0.4 is 11.1 Å². The van der Waals surface area contributed by atoms with Gasteiger partial charge in [0, 0.05) is 5.69 Å². The molecule has 0 fully saturated rings. The van der Waals surface area contributed by atoms with Crippen molar-refractivity contribution in [3.05, 3.63) is 58.9 Å². The molecule has 1 heterocycles. The van der Waals surface area contributed by atoms with Gasteiger partial charge in [0.15, 0.2) is 0 Å². The van der Waals surface area contributed by atoms with Gasteiger partial charge in [-0.1, -0.05) is 18.2 Å². The van der Waals surface area contributed by atoms with E-state index in [1.165, 1.54) is 36.0 Å². The lowest BCUT2D eigenvalue weighted by atomic mass is 9.89. The van der Waals surface area contributed by atoms with E-state index in [4.69, 9.17) is 5.73 Å². The average molecular weight is 346 g/mol. The van der Waals surface area contributed by atoms with Crippen LogP contribution in [0.2, 0.25) is 0 Å². The maximum absolute atomic E-state index is 12.2. The lowest BCUT2D eigenvalue weighted by Crippen LogP contribution is -2.28. The molecule has 1 aromatic heterocycles. The molecule has 3 N–H and O–H groups in total. The van der Waals surface area contributed by atoms with Crippen LogP contribution in [-0.2, 0) is 24.1 Å². The Labute approximate surface area is 149 Å². The molecule has 5 heteroatoms. The fraction of sp³-hybridized carbons (Fsp3) is 0.368. The predicted octanol–water partition coefficient (Wildman–Crippen LogP) is 3.38. The number of rotatable bonds is 4. The number of carbonyl (C=O) groups excluding carboxylic acids is 1. The molecule has 4 nitrogen and oxygen atoms in total. The second-order valence-corrected chi connectivity index (χ2v) is 6.28. The van der Waals surface area contributed by atoms with Crippen LogP contribution >= 0.6 is 12.4 Å². The molecule has 24 heavy (non-hydrogen) atoms. The molecule has 0 bridgehead atoms. The normalized spacial score (nSPS) is 14.2. The Bertz CT molecular complexity index is 700. The fourth-order valence-electron chi connectivity index (χ4n) is 3.10. The van der Waals surface area contributed by atoms with Crippen LogP contribution in [0.3, 0.4) is 0 Å². The molecule has 0 spiro atoms. The van der Waals surface area contributed by atoms with Gasteiger partial charge in [-0.05, 0) is 61.4 Å². The van der Waals surface area contributed by atoms with Crippen LogP contribution in [0.4, 0.5) is 5.69 Å². The van der Waals surface area contributed by atoms with Crippen molar-refractivity contribution in [2.75, 3.05) is 5.73 Å². The van der Waals surface area contributed by atoms with E-state index in [9.17, 15) is 4.79 Å². The Morgan fingerprint density at radius 3 is 2.67 bits per heavy atom. The fourth-order valence-corrected chi connectivity index (χ4v) is 3.10. The van der Waals surface area contributed by atoms with Gasteiger partial charge in [0.05, 0.1) is 24.3 Å². The van der Waals surface area contributed by atoms with Crippen LogP contribution in [0.25, 0.3) is 0 Å². The SMILES string of the molecule is CC(NC(=O)Cc1ccc(N)cn1)c1ccc2c(c1)CCCC2.Cl. The zero-order valence-corrected chi connectivity index (χ0v) is 14.7. The molecule has 3 rings (SSSR count). The van der Waals surface area contributed by atoms with Crippen LogP contribution in [0.5, 0.6) is 0 Å². The second kappa shape index (κ2) is 8.15. The number of fused-ring (bicyclic) bond motifs is 1. The standard InChI is InChI=1S/C19H23N3O.ClH/c1-13(15-7-6-14-4-2-3-5-16(14)10-15)22-19(23)11-18-9-8-17(20)12-21-18;/h6-10,12-13H,2-5,11,20H2,1H3,(H,22,23);1H. The number of aromatic nitrogens is 1. The van der Waals surface area contributed by atoms with Gasteiger partial charge >= 0.3 is 0 Å². The van der Waals surface area contributed by atoms with E-state index in [1.807, 2.05) is 6.92 Å². The average Bonchev–Trinajstić information content (AvgIpc) is 2.56. The second-order valence-electron chi connectivity index (χ2n) is 6.28. The minimum Gasteiger partial charge on any atom is -0.397 e. The number of benzene rings is 1. The van der Waals surface area contributed by atoms with Crippen LogP contribution in [0, 0.1) is 0 Å². The summed E-state index contributed by atoms with van der Waals surface area (Å²) >= 11 is 0. The van der Waals surface area contributed by atoms with Gasteiger partial charge < -0.3 is 11.1 Å². The smallest absolute Gasteiger partial charge is 0.226 e. The number of anilines is 1. The molecule has 1 aliphatic carbocycles. The highest BCUT2D eigenvalue weighted by Crippen LogP contribution is 2.24. The van der Waals surface area contributed by atoms with E-state index < -0.39 is 0 Å². The summed E-state index contributed by atoms with van der Waals surface area (Å²) in [6, 6.07) is 10.2. The van der Waals surface area contributed by atoms with Crippen molar-refractivity contribution >= 4 is 24.0 Å². The highest BCUT2D eigenvalue weighted by Gasteiger charge is 2.14. The Morgan fingerprint density at radius 2 is 1.96 bits per heavy atom. The number of hydrogen-bond acceptors (Lipinski definition) is 3. The Balaban J connectivity index is 0.00000208. The van der Waals surface area contributed by atoms with Crippen molar-refractivity contribution in [2.24, 2.45) is 0 Å². The maximum atomic E-state index is 12.2. The van der Waals surface area contributed by atoms with Gasteiger partial charge in [-0.3, -0.25) is 9.78 Å². The van der Waals surface area contributed by atoms with E-state index in [1.54, 1.807) is 18.3 Å². The molecular weight excluding hydrogens is 322 g/mol. The van der Waals surface area contributed by atoms with Gasteiger partial charge in [0.25, 0.3) is 0 Å². The molecule has 1 aliphatic rings. The van der Waals surface area contributed by atoms with Crippen LogP contribution in [0.15, 0.2) is 36.5 Å². The number of nitrogens with two attached hydrogens (primary N) is 1. The van der Waals surface area contributed by atoms with Crippen molar-refractivity contribution in [3.63, 3.8) is 0 Å². The predicted molar refractivity (Wildman–Crippen MR) is 99.2 cm³/mol. The first-order valence-electron chi connectivity index (χ1n) is 8.23. The molecule has 0 radical (unpaired) electrons. The van der Waals surface area contributed by atoms with Crippen molar-refractivity contribution in [3.8, 4) is 0 Å². The Morgan fingerprint density at radius 1 is 1.21 bits per heavy atom. The van der Waals surface area contributed by atoms with Crippen molar-refractivity contribution in [1.29, 1.82) is 0 Å². The summed E-state index contributed by atoms with van der Waals surface area (Å²) < 4.78 is 0. The molecule has 1 amide bonds. The molecule has 1 unspecified atom stereocenters. The Hall–Kier alpha value is -2.07. The number of amides is 1. The number of nitrogens with one attached hydrogen (secondary N) is 1. The largest absolute Gasteiger partial charge is 0.397 e. The summed E-state index contributed by atoms with van der Waals surface area (Å²) in [4.78, 5) is 16.4. The first kappa shape index (κ1) is 18.3. The van der Waals surface area contributed by atoms with Crippen molar-refractivity contribution in [2.45, 2.75) is 45.1 Å². The molecule has 0 aliphatic heterocycles. The van der Waals surface area contributed by atoms with E-state index in [2.05, 4.69) is 28.5 Å². The maximum Gasteiger partial charge on any atom is 0.226 e. The van der Waals surface area contributed by atoms with Crippen molar-refractivity contribution < 1.29 is 4.79 Å². The molecule has 0 saturated heterocycles. The van der Waals surface area contributed by atoms with E-state index in [-0.39, 0.29) is 30.8 Å². The minimum atomic E-state index is -0.0208. The van der Waals surface area contributed by atoms with Gasteiger partial charge in [-0.25, -0.2) is 0 Å². The Kier molecular flexibility index (Phi) is 6.21. The topological polar surface area (TPSA) is 68.0 Å². The summed E-state index contributed by atoms with van der Waals surface area (Å²) in [5.41, 5.74) is 11.0. The number of nitrogen functional groups attached to an aromatic ring is 1. The van der Waals surface area contributed by atoms with E-state index in [0.717, 1.165) is 12.1 Å². The number of halogens is 1. The summed E-state index contributed by atoms with van der Waals surface area (Å²) in [6.45, 7) is 2.03. The van der Waals surface area contributed by atoms with Gasteiger partial charge in [0.2, 0.25) is 5.91 Å². The molecule has 1 aromatic carbocycles. The summed E-state index contributed by atoms with van der Waals surface area (Å²) in [5.74, 6) is -0.0208. The number of nitrogens with zero attached hydrogens (tertiary/aromatic N) is 1. The van der Waals surface area contributed by atoms with Crippen LogP contribution in [-0.4, -0.2) is 10.9 Å². The summed E-state index contributed by atoms with van der Waals surface area (Å²) in [7, 11) is 0. The molecular formula is C19H24ClN3O. The zero-order valence-electron chi connectivity index (χ0n) is 13.9. The monoisotopic (exact) mass is 345 g/mol. The minimum absolute atomic E-state index is 0.